The van der Waals surface area contributed by atoms with Gasteiger partial charge in [0, 0.05) is 11.4 Å². The van der Waals surface area contributed by atoms with Crippen LogP contribution < -0.4 is 10.6 Å². The summed E-state index contributed by atoms with van der Waals surface area (Å²) >= 11 is 0. The summed E-state index contributed by atoms with van der Waals surface area (Å²) in [4.78, 5) is 11.1. The molecule has 0 spiro atoms. The van der Waals surface area contributed by atoms with Crippen molar-refractivity contribution in [1.29, 1.82) is 0 Å². The number of aryl methyl sites for hydroxylation is 2. The molecule has 0 amide bonds. The van der Waals surface area contributed by atoms with E-state index in [9.17, 15) is 0 Å². The van der Waals surface area contributed by atoms with E-state index in [1.54, 1.807) is 0 Å². The van der Waals surface area contributed by atoms with Crippen molar-refractivity contribution in [2.45, 2.75) is 38.8 Å². The summed E-state index contributed by atoms with van der Waals surface area (Å²) in [7, 11) is 0. The number of nitrogens with zero attached hydrogens (tertiary/aromatic N) is 2. The van der Waals surface area contributed by atoms with Crippen LogP contribution in [-0.4, -0.2) is 11.7 Å². The number of benzene rings is 6. The Morgan fingerprint density at radius 2 is 0.729 bits per heavy atom. The van der Waals surface area contributed by atoms with Gasteiger partial charge in [-0.05, 0) is 73.2 Å². The normalized spacial score (nSPS) is 13.0. The number of nitrogens with one attached hydrogen (secondary N) is 2. The van der Waals surface area contributed by atoms with Crippen LogP contribution in [-0.2, 0) is 12.8 Å². The van der Waals surface area contributed by atoms with Gasteiger partial charge in [-0.2, -0.15) is 0 Å². The maximum atomic E-state index is 5.54. The van der Waals surface area contributed by atoms with Crippen molar-refractivity contribution >= 4 is 23.0 Å². The van der Waals surface area contributed by atoms with Gasteiger partial charge in [-0.3, -0.25) is 9.98 Å². The van der Waals surface area contributed by atoms with Crippen LogP contribution in [0.3, 0.4) is 0 Å². The second kappa shape index (κ2) is 16.2. The van der Waals surface area contributed by atoms with Gasteiger partial charge in [0.1, 0.15) is 0 Å². The highest BCUT2D eigenvalue weighted by Crippen LogP contribution is 2.27. The number of amidine groups is 2. The molecule has 0 unspecified atom stereocenters. The van der Waals surface area contributed by atoms with E-state index in [1.165, 1.54) is 22.3 Å². The molecule has 2 atom stereocenters. The predicted octanol–water partition coefficient (Wildman–Crippen LogP) is 10.6. The average Bonchev–Trinajstić information content (AvgIpc) is 3.14. The molecule has 0 heterocycles. The van der Waals surface area contributed by atoms with Crippen LogP contribution in [0.15, 0.2) is 180 Å². The van der Waals surface area contributed by atoms with Crippen molar-refractivity contribution in [2.24, 2.45) is 9.98 Å². The minimum absolute atomic E-state index is 0.157. The van der Waals surface area contributed by atoms with Gasteiger partial charge in [0.25, 0.3) is 0 Å². The summed E-state index contributed by atoms with van der Waals surface area (Å²) in [5.74, 6) is 1.36. The number of aliphatic imine (C=N–C) groups is 2. The molecule has 6 aromatic carbocycles. The topological polar surface area (TPSA) is 48.8 Å². The van der Waals surface area contributed by atoms with Crippen molar-refractivity contribution in [3.8, 4) is 0 Å². The summed E-state index contributed by atoms with van der Waals surface area (Å²) in [5.41, 5.74) is 9.02. The fourth-order valence-electron chi connectivity index (χ4n) is 5.67. The van der Waals surface area contributed by atoms with Crippen LogP contribution in [0.1, 0.15) is 45.5 Å². The second-order valence-corrected chi connectivity index (χ2v) is 12.2. The zero-order chi connectivity index (χ0) is 33.0. The third kappa shape index (κ3) is 9.17. The van der Waals surface area contributed by atoms with Crippen molar-refractivity contribution < 1.29 is 0 Å². The first kappa shape index (κ1) is 32.2. The largest absolute Gasteiger partial charge is 0.337 e. The highest BCUT2D eigenvalue weighted by Gasteiger charge is 2.20. The molecule has 2 N–H and O–H groups in total. The molecule has 0 bridgehead atoms. The number of hydrogen-bond acceptors (Lipinski definition) is 2. The molecule has 0 aliphatic heterocycles. The maximum Gasteiger partial charge on any atom is 0.169 e. The number of anilines is 2. The lowest BCUT2D eigenvalue weighted by Crippen LogP contribution is -2.32. The third-order valence-electron chi connectivity index (χ3n) is 8.34. The summed E-state index contributed by atoms with van der Waals surface area (Å²) in [6, 6.07) is 58.8. The van der Waals surface area contributed by atoms with Gasteiger partial charge in [0.2, 0.25) is 0 Å². The van der Waals surface area contributed by atoms with E-state index in [1.807, 2.05) is 0 Å². The quantitative estimate of drug-likeness (QED) is 0.117. The lowest BCUT2D eigenvalue weighted by atomic mass is 9.99. The molecule has 6 rings (SSSR count). The van der Waals surface area contributed by atoms with Gasteiger partial charge in [-0.1, -0.05) is 157 Å². The van der Waals surface area contributed by atoms with E-state index < -0.39 is 0 Å². The molecule has 0 radical (unpaired) electrons. The van der Waals surface area contributed by atoms with Crippen LogP contribution in [0.2, 0.25) is 0 Å². The Labute approximate surface area is 285 Å². The highest BCUT2D eigenvalue weighted by atomic mass is 15.1. The monoisotopic (exact) mass is 626 g/mol. The molecule has 6 aromatic rings. The average molecular weight is 627 g/mol. The molecule has 4 nitrogen and oxygen atoms in total. The van der Waals surface area contributed by atoms with E-state index in [0.29, 0.717) is 11.7 Å². The van der Waals surface area contributed by atoms with Crippen LogP contribution in [0.5, 0.6) is 0 Å². The van der Waals surface area contributed by atoms with Gasteiger partial charge in [0.05, 0.1) is 12.1 Å². The van der Waals surface area contributed by atoms with Crippen molar-refractivity contribution in [3.63, 3.8) is 0 Å². The summed E-state index contributed by atoms with van der Waals surface area (Å²) in [6.45, 7) is 4.20. The van der Waals surface area contributed by atoms with E-state index in [4.69, 9.17) is 9.98 Å². The van der Waals surface area contributed by atoms with Crippen molar-refractivity contribution in [3.05, 3.63) is 203 Å². The van der Waals surface area contributed by atoms with E-state index in [0.717, 1.165) is 35.3 Å². The minimum Gasteiger partial charge on any atom is -0.337 e. The molecule has 48 heavy (non-hydrogen) atoms. The Kier molecular flexibility index (Phi) is 10.9. The zero-order valence-corrected chi connectivity index (χ0v) is 27.6. The Morgan fingerprint density at radius 3 is 1.06 bits per heavy atom. The molecule has 0 saturated carbocycles. The summed E-state index contributed by atoms with van der Waals surface area (Å²) in [5, 5.41) is 7.40. The van der Waals surface area contributed by atoms with E-state index in [-0.39, 0.29) is 12.1 Å². The molecule has 0 aliphatic carbocycles. The lowest BCUT2D eigenvalue weighted by molar-refractivity contribution is 0.719. The third-order valence-corrected chi connectivity index (χ3v) is 8.34. The standard InChI is InChI=1S/C44H42N4/c1-33-23-27-39(28-24-33)45-43(47-41(37-19-11-5-12-20-37)31-35-15-7-3-8-16-35)44(46-40-29-25-34(2)26-30-40)48-42(38-21-13-6-14-22-38)32-36-17-9-4-10-18-36/h3-30,41-42H,31-32H2,1-2H3,(H,45,47)(H,46,48)/t41-,42-/m0/s1. The molecule has 238 valence electrons. The minimum atomic E-state index is -0.157. The van der Waals surface area contributed by atoms with Crippen molar-refractivity contribution in [2.75, 3.05) is 10.6 Å². The first-order valence-electron chi connectivity index (χ1n) is 16.6. The fraction of sp³-hybridized carbons (Fsp3) is 0.136. The van der Waals surface area contributed by atoms with Gasteiger partial charge >= 0.3 is 0 Å². The van der Waals surface area contributed by atoms with Crippen LogP contribution in [0.4, 0.5) is 11.4 Å². The SMILES string of the molecule is Cc1ccc(NC(=N[C@@H](Cc2ccccc2)c2ccccc2)C(=N[C@@H](Cc2ccccc2)c2ccccc2)Nc2ccc(C)cc2)cc1. The Bertz CT molecular complexity index is 1760. The molecule has 0 fully saturated rings. The van der Waals surface area contributed by atoms with Crippen LogP contribution in [0, 0.1) is 13.8 Å². The molecular formula is C44H42N4. The van der Waals surface area contributed by atoms with Crippen molar-refractivity contribution in [1.82, 2.24) is 0 Å². The first-order valence-corrected chi connectivity index (χ1v) is 16.6. The molecule has 0 saturated heterocycles. The highest BCUT2D eigenvalue weighted by molar-refractivity contribution is 6.48. The number of hydrogen-bond donors (Lipinski definition) is 2. The van der Waals surface area contributed by atoms with E-state index >= 15 is 0 Å². The fourth-order valence-corrected chi connectivity index (χ4v) is 5.67. The van der Waals surface area contributed by atoms with Gasteiger partial charge < -0.3 is 10.6 Å². The lowest BCUT2D eigenvalue weighted by Gasteiger charge is -2.22. The van der Waals surface area contributed by atoms with Crippen LogP contribution in [0.25, 0.3) is 0 Å². The Hall–Kier alpha value is -5.74. The van der Waals surface area contributed by atoms with Gasteiger partial charge in [-0.25, -0.2) is 0 Å². The molecule has 0 aliphatic rings. The Morgan fingerprint density at radius 1 is 0.417 bits per heavy atom. The van der Waals surface area contributed by atoms with E-state index in [2.05, 4.69) is 194 Å². The second-order valence-electron chi connectivity index (χ2n) is 12.2. The smallest absolute Gasteiger partial charge is 0.169 e. The van der Waals surface area contributed by atoms with Gasteiger partial charge in [0.15, 0.2) is 11.7 Å². The summed E-state index contributed by atoms with van der Waals surface area (Å²) in [6.07, 6.45) is 1.49. The molecular weight excluding hydrogens is 585 g/mol. The Balaban J connectivity index is 1.52. The molecule has 4 heteroatoms. The summed E-state index contributed by atoms with van der Waals surface area (Å²) < 4.78 is 0. The zero-order valence-electron chi connectivity index (χ0n) is 27.6. The maximum absolute atomic E-state index is 5.54. The first-order chi connectivity index (χ1) is 23.6. The molecule has 0 aromatic heterocycles. The van der Waals surface area contributed by atoms with Crippen LogP contribution >= 0.6 is 0 Å². The van der Waals surface area contributed by atoms with Gasteiger partial charge in [-0.15, -0.1) is 0 Å². The predicted molar refractivity (Wildman–Crippen MR) is 203 cm³/mol. The number of rotatable bonds is 10.